The van der Waals surface area contributed by atoms with Crippen molar-refractivity contribution in [3.8, 4) is 0 Å². The number of halogens is 3. The Bertz CT molecular complexity index is 2580. The fourth-order valence-corrected chi connectivity index (χ4v) is 9.63. The maximum Gasteiger partial charge on any atom is 0.416 e. The number of carbonyl (C=O) groups excluding carboxylic acids is 1. The molecule has 344 valence electrons. The molecule has 0 bridgehead atoms. The minimum atomic E-state index is -4.57. The third-order valence-corrected chi connectivity index (χ3v) is 13.7. The van der Waals surface area contributed by atoms with Crippen molar-refractivity contribution in [3.05, 3.63) is 160 Å². The van der Waals surface area contributed by atoms with Crippen LogP contribution in [-0.2, 0) is 46.2 Å². The van der Waals surface area contributed by atoms with Crippen molar-refractivity contribution >= 4 is 41.7 Å². The number of aliphatic hydroxyl groups excluding tert-OH is 1. The maximum atomic E-state index is 14.3. The molecule has 1 aliphatic rings. The second kappa shape index (κ2) is 19.3. The highest BCUT2D eigenvalue weighted by atomic mass is 32.2. The quantitative estimate of drug-likeness (QED) is 0.0335. The molecule has 2 aromatic heterocycles. The van der Waals surface area contributed by atoms with Gasteiger partial charge in [0.2, 0.25) is 5.95 Å². The van der Waals surface area contributed by atoms with Gasteiger partial charge in [0.05, 0.1) is 37.1 Å². The molecule has 5 atom stereocenters. The largest absolute Gasteiger partial charge is 0.416 e. The van der Waals surface area contributed by atoms with Crippen molar-refractivity contribution in [1.82, 2.24) is 24.6 Å². The Morgan fingerprint density at radius 2 is 1.51 bits per heavy atom. The number of nitrogens with one attached hydrogen (secondary N) is 2. The van der Waals surface area contributed by atoms with E-state index in [1.807, 2.05) is 91.0 Å². The molecule has 0 amide bonds. The number of alkyl halides is 3. The number of nitrogens with zero attached hydrogens (tertiary/aromatic N) is 3. The van der Waals surface area contributed by atoms with Gasteiger partial charge >= 0.3 is 13.9 Å². The van der Waals surface area contributed by atoms with Crippen LogP contribution >= 0.6 is 19.5 Å². The summed E-state index contributed by atoms with van der Waals surface area (Å²) < 4.78 is 79.8. The zero-order valence-electron chi connectivity index (χ0n) is 35.5. The minimum Gasteiger partial charge on any atom is -0.387 e. The summed E-state index contributed by atoms with van der Waals surface area (Å²) in [6, 6.07) is 33.3. The number of imidazole rings is 1. The number of rotatable bonds is 18. The van der Waals surface area contributed by atoms with Gasteiger partial charge in [0.15, 0.2) is 22.5 Å². The first-order valence-electron chi connectivity index (χ1n) is 20.4. The maximum absolute atomic E-state index is 14.3. The first-order valence-corrected chi connectivity index (χ1v) is 22.9. The molecule has 4 aromatic carbocycles. The number of nitrogen functional groups attached to an aromatic ring is 1. The van der Waals surface area contributed by atoms with Gasteiger partial charge in [-0.1, -0.05) is 115 Å². The van der Waals surface area contributed by atoms with Gasteiger partial charge in [-0.25, -0.2) is 14.6 Å². The van der Waals surface area contributed by atoms with E-state index < -0.39 is 66.7 Å². The summed E-state index contributed by atoms with van der Waals surface area (Å²) >= 11 is 0.925. The molecule has 15 nitrogen and oxygen atoms in total. The van der Waals surface area contributed by atoms with Gasteiger partial charge < -0.3 is 25.4 Å². The first kappa shape index (κ1) is 47.7. The Hall–Kier alpha value is -5.21. The van der Waals surface area contributed by atoms with E-state index in [0.717, 1.165) is 40.6 Å². The molecule has 6 aromatic rings. The molecule has 0 radical (unpaired) electrons. The fourth-order valence-electron chi connectivity index (χ4n) is 7.40. The number of carbonyl (C=O) groups is 1. The smallest absolute Gasteiger partial charge is 0.387 e. The number of aromatic nitrogens is 4. The van der Waals surface area contributed by atoms with Gasteiger partial charge in [-0.2, -0.15) is 18.2 Å². The predicted molar refractivity (Wildman–Crippen MR) is 237 cm³/mol. The first-order chi connectivity index (χ1) is 30.8. The van der Waals surface area contributed by atoms with Gasteiger partial charge in [0.25, 0.3) is 5.56 Å². The number of aromatic amines is 1. The number of hydrogen-bond acceptors (Lipinski definition) is 13. The molecule has 7 rings (SSSR count). The van der Waals surface area contributed by atoms with Crippen LogP contribution in [-0.4, -0.2) is 78.2 Å². The highest BCUT2D eigenvalue weighted by molar-refractivity contribution is 8.13. The Kier molecular flexibility index (Phi) is 14.2. The monoisotopic (exact) mass is 936 g/mol. The van der Waals surface area contributed by atoms with Crippen LogP contribution < -0.4 is 16.4 Å². The molecule has 65 heavy (non-hydrogen) atoms. The standard InChI is InChI=1S/C45H48F3N6O9PS/c1-42(2,27-60-44(30-13-7-4-8-14-30,31-15-9-5-10-16-31)32-17-11-6-12-18-32)40(57)65-24-23-61-64(59,51-25-29-19-21-33(22-20-29)45(46,47)48)62-26-34-36(55)43(3,58)39(63-34)54-28-50-35-37(54)52-41(49)53-38(35)56/h4-22,28,34,36,39,55,58H,23-27H2,1-3H3,(H,51,59)(H3,49,52,53,56)/t34-,36+,39?,43+,64?/m1/s1. The van der Waals surface area contributed by atoms with Gasteiger partial charge in [0.1, 0.15) is 23.4 Å². The van der Waals surface area contributed by atoms with Gasteiger partial charge in [0, 0.05) is 12.3 Å². The van der Waals surface area contributed by atoms with Crippen molar-refractivity contribution in [2.45, 2.75) is 63.1 Å². The summed E-state index contributed by atoms with van der Waals surface area (Å²) in [6.45, 7) is 3.60. The van der Waals surface area contributed by atoms with Crippen molar-refractivity contribution in [2.75, 3.05) is 31.3 Å². The van der Waals surface area contributed by atoms with E-state index in [1.54, 1.807) is 13.8 Å². The van der Waals surface area contributed by atoms with E-state index in [-0.39, 0.29) is 47.7 Å². The molecule has 0 spiro atoms. The summed E-state index contributed by atoms with van der Waals surface area (Å²) in [5.41, 5.74) is 2.82. The Labute approximate surface area is 376 Å². The van der Waals surface area contributed by atoms with Gasteiger partial charge in [-0.3, -0.25) is 28.2 Å². The molecule has 0 aliphatic carbocycles. The highest BCUT2D eigenvalue weighted by Gasteiger charge is 2.54. The van der Waals surface area contributed by atoms with E-state index in [4.69, 9.17) is 24.3 Å². The predicted octanol–water partition coefficient (Wildman–Crippen LogP) is 6.96. The molecule has 20 heteroatoms. The lowest BCUT2D eigenvalue weighted by Gasteiger charge is -2.38. The normalized spacial score (nSPS) is 20.2. The number of ether oxygens (including phenoxy) is 2. The number of anilines is 1. The van der Waals surface area contributed by atoms with Crippen LogP contribution in [0.4, 0.5) is 19.1 Å². The van der Waals surface area contributed by atoms with Crippen molar-refractivity contribution in [1.29, 1.82) is 0 Å². The summed E-state index contributed by atoms with van der Waals surface area (Å²) in [5.74, 6) is -0.228. The van der Waals surface area contributed by atoms with Crippen LogP contribution in [0.2, 0.25) is 0 Å². The van der Waals surface area contributed by atoms with Crippen LogP contribution in [0.15, 0.2) is 126 Å². The highest BCUT2D eigenvalue weighted by Crippen LogP contribution is 2.47. The van der Waals surface area contributed by atoms with Crippen LogP contribution in [0.1, 0.15) is 54.8 Å². The molecule has 6 N–H and O–H groups in total. The van der Waals surface area contributed by atoms with E-state index >= 15 is 0 Å². The average molecular weight is 937 g/mol. The molecule has 0 saturated carbocycles. The Morgan fingerprint density at radius 3 is 2.06 bits per heavy atom. The zero-order valence-corrected chi connectivity index (χ0v) is 37.2. The molecular weight excluding hydrogens is 889 g/mol. The third kappa shape index (κ3) is 10.4. The van der Waals surface area contributed by atoms with E-state index in [2.05, 4.69) is 20.0 Å². The SMILES string of the molecule is CC(C)(COC(c1ccccc1)(c1ccccc1)c1ccccc1)C(=O)SCCOP(=O)(NCc1ccc(C(F)(F)F)cc1)OC[C@H]1OC(n2cnc3c(=O)[nH]c(N)nc32)[C@@](C)(O)[C@H]1O. The third-order valence-electron chi connectivity index (χ3n) is 10.9. The van der Waals surface area contributed by atoms with E-state index in [0.29, 0.717) is 5.56 Å². The van der Waals surface area contributed by atoms with Crippen LogP contribution in [0, 0.1) is 5.41 Å². The van der Waals surface area contributed by atoms with Crippen molar-refractivity contribution in [2.24, 2.45) is 5.41 Å². The average Bonchev–Trinajstić information content (AvgIpc) is 3.81. The number of benzene rings is 4. The van der Waals surface area contributed by atoms with Gasteiger partial charge in [-0.15, -0.1) is 0 Å². The van der Waals surface area contributed by atoms with E-state index in [9.17, 15) is 37.5 Å². The van der Waals surface area contributed by atoms with Gasteiger partial charge in [-0.05, 0) is 55.2 Å². The van der Waals surface area contributed by atoms with Crippen molar-refractivity contribution in [3.63, 3.8) is 0 Å². The zero-order chi connectivity index (χ0) is 46.6. The summed E-state index contributed by atoms with van der Waals surface area (Å²) in [4.78, 5) is 36.7. The summed E-state index contributed by atoms with van der Waals surface area (Å²) in [5, 5.41) is 25.0. The lowest BCUT2D eigenvalue weighted by molar-refractivity contribution is -0.137. The molecule has 1 aliphatic heterocycles. The van der Waals surface area contributed by atoms with Crippen LogP contribution in [0.5, 0.6) is 0 Å². The molecule has 1 fully saturated rings. The number of fused-ring (bicyclic) bond motifs is 1. The molecule has 2 unspecified atom stereocenters. The van der Waals surface area contributed by atoms with Crippen LogP contribution in [0.3, 0.4) is 0 Å². The Balaban J connectivity index is 1.04. The number of nitrogens with two attached hydrogens (primary N) is 1. The lowest BCUT2D eigenvalue weighted by Crippen LogP contribution is -2.44. The Morgan fingerprint density at radius 1 is 0.938 bits per heavy atom. The lowest BCUT2D eigenvalue weighted by atomic mass is 9.79. The second-order valence-corrected chi connectivity index (χ2v) is 19.1. The summed E-state index contributed by atoms with van der Waals surface area (Å²) in [6.07, 6.45) is -7.77. The molecular formula is C45H48F3N6O9PS. The number of thioether (sulfide) groups is 1. The summed E-state index contributed by atoms with van der Waals surface area (Å²) in [7, 11) is -4.41. The number of H-pyrrole nitrogens is 1. The number of hydrogen-bond donors (Lipinski definition) is 5. The topological polar surface area (TPSA) is 213 Å². The fraction of sp³-hybridized carbons (Fsp3) is 0.333. The molecule has 1 saturated heterocycles. The van der Waals surface area contributed by atoms with E-state index in [1.165, 1.54) is 30.0 Å². The van der Waals surface area contributed by atoms with Crippen molar-refractivity contribution < 1.29 is 51.3 Å². The number of aliphatic hydroxyl groups is 2. The minimum absolute atomic E-state index is 0.00107. The second-order valence-electron chi connectivity index (χ2n) is 16.2. The molecule has 3 heterocycles. The van der Waals surface area contributed by atoms with Crippen LogP contribution in [0.25, 0.3) is 11.2 Å².